The van der Waals surface area contributed by atoms with Gasteiger partial charge in [0.15, 0.2) is 27.9 Å². The first-order chi connectivity index (χ1) is 17.1. The highest BCUT2D eigenvalue weighted by atomic mass is 32.2. The van der Waals surface area contributed by atoms with Gasteiger partial charge in [0.1, 0.15) is 5.82 Å². The van der Waals surface area contributed by atoms with Crippen LogP contribution >= 0.6 is 11.8 Å². The summed E-state index contributed by atoms with van der Waals surface area (Å²) in [5.74, 6) is 2.43. The number of hydrogen-bond donors (Lipinski definition) is 1. The van der Waals surface area contributed by atoms with Crippen LogP contribution in [0.25, 0.3) is 22.7 Å². The summed E-state index contributed by atoms with van der Waals surface area (Å²) in [7, 11) is 1.88. The Kier molecular flexibility index (Phi) is 6.41. The number of unbranched alkanes of at least 4 members (excludes halogenated alkanes) is 1. The first-order valence-corrected chi connectivity index (χ1v) is 12.4. The van der Waals surface area contributed by atoms with Gasteiger partial charge in [0, 0.05) is 13.6 Å². The van der Waals surface area contributed by atoms with Crippen LogP contribution in [0.15, 0.2) is 67.9 Å². The molecule has 0 saturated carbocycles. The molecule has 180 valence electrons. The van der Waals surface area contributed by atoms with Gasteiger partial charge in [0.25, 0.3) is 5.56 Å². The van der Waals surface area contributed by atoms with Gasteiger partial charge in [-0.15, -0.1) is 10.2 Å². The van der Waals surface area contributed by atoms with E-state index in [9.17, 15) is 9.59 Å². The molecular weight excluding hydrogens is 466 g/mol. The molecule has 0 spiro atoms. The SMILES string of the molecule is CCCCn1c(CSc2nnc(-c3ccco3)n2C)nc2c1c(=O)[nH]c(=O)n2Cc1ccccc1. The average Bonchev–Trinajstić information content (AvgIpc) is 3.59. The number of nitrogens with one attached hydrogen (secondary N) is 1. The van der Waals surface area contributed by atoms with Crippen molar-refractivity contribution < 1.29 is 4.42 Å². The van der Waals surface area contributed by atoms with Crippen molar-refractivity contribution in [2.45, 2.75) is 43.8 Å². The minimum Gasteiger partial charge on any atom is -0.461 e. The third-order valence-corrected chi connectivity index (χ3v) is 6.81. The van der Waals surface area contributed by atoms with Gasteiger partial charge in [-0.25, -0.2) is 9.78 Å². The van der Waals surface area contributed by atoms with Crippen LogP contribution in [-0.4, -0.2) is 33.9 Å². The predicted octanol–water partition coefficient (Wildman–Crippen LogP) is 3.42. The van der Waals surface area contributed by atoms with E-state index in [-0.39, 0.29) is 0 Å². The molecular formula is C24H25N7O3S. The number of H-pyrrole nitrogens is 1. The van der Waals surface area contributed by atoms with Crippen LogP contribution in [0, 0.1) is 0 Å². The third kappa shape index (κ3) is 4.46. The van der Waals surface area contributed by atoms with Crippen LogP contribution in [0.2, 0.25) is 0 Å². The second kappa shape index (κ2) is 9.79. The lowest BCUT2D eigenvalue weighted by atomic mass is 10.2. The molecule has 0 unspecified atom stereocenters. The fourth-order valence-corrected chi connectivity index (χ4v) is 4.84. The fourth-order valence-electron chi connectivity index (χ4n) is 3.99. The Morgan fingerprint density at radius 1 is 1.06 bits per heavy atom. The van der Waals surface area contributed by atoms with Crippen LogP contribution in [0.5, 0.6) is 0 Å². The molecule has 10 nitrogen and oxygen atoms in total. The molecule has 1 N–H and O–H groups in total. The number of hydrogen-bond acceptors (Lipinski definition) is 7. The maximum Gasteiger partial charge on any atom is 0.330 e. The van der Waals surface area contributed by atoms with Gasteiger partial charge in [-0.1, -0.05) is 55.4 Å². The van der Waals surface area contributed by atoms with Gasteiger partial charge in [0.05, 0.1) is 18.6 Å². The molecule has 4 aromatic heterocycles. The van der Waals surface area contributed by atoms with E-state index >= 15 is 0 Å². The summed E-state index contributed by atoms with van der Waals surface area (Å²) < 4.78 is 10.8. The topological polar surface area (TPSA) is 117 Å². The van der Waals surface area contributed by atoms with E-state index in [1.165, 1.54) is 16.3 Å². The van der Waals surface area contributed by atoms with E-state index in [0.717, 1.165) is 18.4 Å². The van der Waals surface area contributed by atoms with E-state index in [1.807, 2.05) is 52.6 Å². The quantitative estimate of drug-likeness (QED) is 0.314. The Labute approximate surface area is 204 Å². The second-order valence-electron chi connectivity index (χ2n) is 8.17. The summed E-state index contributed by atoms with van der Waals surface area (Å²) in [5, 5.41) is 9.23. The standard InChI is InChI=1S/C24H25N7O3S/c1-3-4-12-30-18(15-35-24-28-27-20(29(24)2)17-11-8-13-34-17)25-21-19(30)22(32)26-23(33)31(21)14-16-9-6-5-7-10-16/h5-11,13H,3-4,12,14-15H2,1-2H3,(H,26,32,33). The maximum absolute atomic E-state index is 12.9. The van der Waals surface area contributed by atoms with E-state index < -0.39 is 11.2 Å². The Hall–Kier alpha value is -3.86. The Balaban J connectivity index is 1.53. The van der Waals surface area contributed by atoms with E-state index in [1.54, 1.807) is 12.3 Å². The molecule has 0 fully saturated rings. The number of nitrogens with zero attached hydrogens (tertiary/aromatic N) is 6. The van der Waals surface area contributed by atoms with Crippen LogP contribution in [0.4, 0.5) is 0 Å². The Morgan fingerprint density at radius 3 is 2.63 bits per heavy atom. The number of aryl methyl sites for hydroxylation is 1. The molecule has 0 saturated heterocycles. The number of imidazole rings is 1. The van der Waals surface area contributed by atoms with Gasteiger partial charge < -0.3 is 13.6 Å². The molecule has 0 bridgehead atoms. The van der Waals surface area contributed by atoms with Crippen molar-refractivity contribution in [1.29, 1.82) is 0 Å². The first kappa shape index (κ1) is 22.9. The summed E-state index contributed by atoms with van der Waals surface area (Å²) in [5.41, 5.74) is 0.865. The van der Waals surface area contributed by atoms with E-state index in [2.05, 4.69) is 22.1 Å². The van der Waals surface area contributed by atoms with Crippen molar-refractivity contribution in [3.05, 3.63) is 81.0 Å². The molecule has 0 aliphatic carbocycles. The highest BCUT2D eigenvalue weighted by molar-refractivity contribution is 7.98. The smallest absolute Gasteiger partial charge is 0.330 e. The molecule has 4 heterocycles. The molecule has 1 aromatic carbocycles. The first-order valence-electron chi connectivity index (χ1n) is 11.4. The van der Waals surface area contributed by atoms with Gasteiger partial charge in [-0.3, -0.25) is 14.3 Å². The van der Waals surface area contributed by atoms with Crippen molar-refractivity contribution in [3.63, 3.8) is 0 Å². The van der Waals surface area contributed by atoms with Crippen LogP contribution in [-0.2, 0) is 25.9 Å². The van der Waals surface area contributed by atoms with Gasteiger partial charge in [-0.2, -0.15) is 0 Å². The molecule has 0 aliphatic heterocycles. The predicted molar refractivity (Wildman–Crippen MR) is 133 cm³/mol. The Bertz CT molecular complexity index is 1560. The zero-order valence-corrected chi connectivity index (χ0v) is 20.3. The van der Waals surface area contributed by atoms with E-state index in [0.29, 0.717) is 52.6 Å². The number of benzene rings is 1. The minimum atomic E-state index is -0.470. The summed E-state index contributed by atoms with van der Waals surface area (Å²) in [6, 6.07) is 13.3. The number of aromatic nitrogens is 7. The Morgan fingerprint density at radius 2 is 1.89 bits per heavy atom. The van der Waals surface area contributed by atoms with Crippen molar-refractivity contribution in [2.75, 3.05) is 0 Å². The second-order valence-corrected chi connectivity index (χ2v) is 9.11. The summed E-state index contributed by atoms with van der Waals surface area (Å²) in [4.78, 5) is 32.9. The van der Waals surface area contributed by atoms with Gasteiger partial charge in [0.2, 0.25) is 0 Å². The van der Waals surface area contributed by atoms with Crippen molar-refractivity contribution in [2.24, 2.45) is 7.05 Å². The highest BCUT2D eigenvalue weighted by Crippen LogP contribution is 2.26. The molecule has 11 heteroatoms. The molecule has 0 atom stereocenters. The molecule has 35 heavy (non-hydrogen) atoms. The normalized spacial score (nSPS) is 11.5. The largest absolute Gasteiger partial charge is 0.461 e. The number of thioether (sulfide) groups is 1. The lowest BCUT2D eigenvalue weighted by Crippen LogP contribution is -2.31. The van der Waals surface area contributed by atoms with Gasteiger partial charge >= 0.3 is 5.69 Å². The summed E-state index contributed by atoms with van der Waals surface area (Å²) in [6.07, 6.45) is 3.44. The average molecular weight is 492 g/mol. The molecule has 5 aromatic rings. The number of rotatable bonds is 9. The van der Waals surface area contributed by atoms with Crippen molar-refractivity contribution in [3.8, 4) is 11.6 Å². The monoisotopic (exact) mass is 491 g/mol. The highest BCUT2D eigenvalue weighted by Gasteiger charge is 2.20. The van der Waals surface area contributed by atoms with Gasteiger partial charge in [-0.05, 0) is 24.1 Å². The minimum absolute atomic E-state index is 0.320. The van der Waals surface area contributed by atoms with E-state index in [4.69, 9.17) is 9.40 Å². The number of aromatic amines is 1. The summed E-state index contributed by atoms with van der Waals surface area (Å²) >= 11 is 1.47. The lowest BCUT2D eigenvalue weighted by molar-refractivity contribution is 0.572. The van der Waals surface area contributed by atoms with Crippen LogP contribution < -0.4 is 11.2 Å². The maximum atomic E-state index is 12.9. The molecule has 0 radical (unpaired) electrons. The van der Waals surface area contributed by atoms with Crippen molar-refractivity contribution >= 4 is 22.9 Å². The van der Waals surface area contributed by atoms with Crippen molar-refractivity contribution in [1.82, 2.24) is 33.9 Å². The van der Waals surface area contributed by atoms with Crippen LogP contribution in [0.1, 0.15) is 31.2 Å². The summed E-state index contributed by atoms with van der Waals surface area (Å²) in [6.45, 7) is 3.05. The zero-order valence-electron chi connectivity index (χ0n) is 19.5. The zero-order chi connectivity index (χ0) is 24.4. The lowest BCUT2D eigenvalue weighted by Gasteiger charge is -2.09. The molecule has 0 amide bonds. The molecule has 5 rings (SSSR count). The van der Waals surface area contributed by atoms with Crippen LogP contribution in [0.3, 0.4) is 0 Å². The number of furan rings is 1. The fraction of sp³-hybridized carbons (Fsp3) is 0.292. The molecule has 0 aliphatic rings. The third-order valence-electron chi connectivity index (χ3n) is 5.79. The number of fused-ring (bicyclic) bond motifs is 1.